The van der Waals surface area contributed by atoms with Crippen LogP contribution in [0.4, 0.5) is 0 Å². The Hall–Kier alpha value is -1.37. The summed E-state index contributed by atoms with van der Waals surface area (Å²) in [6.45, 7) is 7.30. The second kappa shape index (κ2) is 5.95. The van der Waals surface area contributed by atoms with E-state index in [0.717, 1.165) is 5.56 Å². The summed E-state index contributed by atoms with van der Waals surface area (Å²) in [6.07, 6.45) is 1.90. The van der Waals surface area contributed by atoms with Gasteiger partial charge < -0.3 is 14.4 Å². The highest BCUT2D eigenvalue weighted by Gasteiger charge is 2.28. The van der Waals surface area contributed by atoms with Gasteiger partial charge in [-0.05, 0) is 23.2 Å². The average molecular weight is 290 g/mol. The summed E-state index contributed by atoms with van der Waals surface area (Å²) in [4.78, 5) is 11.9. The Balaban J connectivity index is 1.97. The second-order valence-corrected chi connectivity index (χ2v) is 11.0. The van der Waals surface area contributed by atoms with E-state index in [0.29, 0.717) is 17.6 Å². The Morgan fingerprint density at radius 2 is 2.25 bits per heavy atom. The van der Waals surface area contributed by atoms with E-state index in [1.807, 2.05) is 6.08 Å². The molecule has 1 aliphatic heterocycles. The molecule has 1 heterocycles. The lowest BCUT2D eigenvalue weighted by molar-refractivity contribution is 0.0549. The predicted octanol–water partition coefficient (Wildman–Crippen LogP) is 1.49. The van der Waals surface area contributed by atoms with E-state index in [1.165, 1.54) is 0 Å². The van der Waals surface area contributed by atoms with Crippen molar-refractivity contribution in [2.45, 2.75) is 26.2 Å². The third kappa shape index (κ3) is 3.82. The Labute approximate surface area is 120 Å². The van der Waals surface area contributed by atoms with Crippen LogP contribution in [0.5, 0.6) is 0 Å². The zero-order valence-electron chi connectivity index (χ0n) is 12.1. The number of benzene rings is 1. The van der Waals surface area contributed by atoms with E-state index in [2.05, 4.69) is 25.3 Å². The SMILES string of the molecule is C[Si](C)(C)/C=C/COC(=O)c1ccc2c(c1)B(O)OC2. The van der Waals surface area contributed by atoms with Crippen LogP contribution in [-0.4, -0.2) is 32.8 Å². The maximum Gasteiger partial charge on any atom is 0.491 e. The zero-order chi connectivity index (χ0) is 14.8. The van der Waals surface area contributed by atoms with Crippen molar-refractivity contribution in [3.8, 4) is 0 Å². The van der Waals surface area contributed by atoms with Gasteiger partial charge in [0.15, 0.2) is 0 Å². The molecule has 0 unspecified atom stereocenters. The molecular formula is C14H19BO4Si. The molecule has 1 aromatic rings. The van der Waals surface area contributed by atoms with Crippen LogP contribution in [0.3, 0.4) is 0 Å². The summed E-state index contributed by atoms with van der Waals surface area (Å²) in [5.74, 6) is -0.382. The van der Waals surface area contributed by atoms with E-state index < -0.39 is 15.2 Å². The van der Waals surface area contributed by atoms with Gasteiger partial charge in [-0.2, -0.15) is 0 Å². The summed E-state index contributed by atoms with van der Waals surface area (Å²) < 4.78 is 10.3. The van der Waals surface area contributed by atoms with Gasteiger partial charge in [-0.3, -0.25) is 0 Å². The van der Waals surface area contributed by atoms with Gasteiger partial charge in [-0.25, -0.2) is 4.79 Å². The van der Waals surface area contributed by atoms with Crippen LogP contribution in [0.15, 0.2) is 30.0 Å². The van der Waals surface area contributed by atoms with Gasteiger partial charge >= 0.3 is 13.1 Å². The summed E-state index contributed by atoms with van der Waals surface area (Å²) in [5.41, 5.74) is 4.14. The molecule has 1 aliphatic rings. The number of carbonyl (C=O) groups excluding carboxylic acids is 1. The number of ether oxygens (including phenoxy) is 1. The standard InChI is InChI=1S/C14H19BO4Si/c1-20(2,3)8-4-7-18-14(16)11-5-6-12-10-19-15(17)13(12)9-11/h4-6,8-9,17H,7,10H2,1-3H3/b8-4+. The van der Waals surface area contributed by atoms with Crippen molar-refractivity contribution < 1.29 is 19.2 Å². The van der Waals surface area contributed by atoms with Crippen LogP contribution in [0.1, 0.15) is 15.9 Å². The highest BCUT2D eigenvalue weighted by atomic mass is 28.3. The molecule has 0 amide bonds. The van der Waals surface area contributed by atoms with Crippen LogP contribution in [-0.2, 0) is 16.0 Å². The van der Waals surface area contributed by atoms with Gasteiger partial charge in [0.05, 0.1) is 20.2 Å². The minimum Gasteiger partial charge on any atom is -0.458 e. The molecule has 0 aliphatic carbocycles. The summed E-state index contributed by atoms with van der Waals surface area (Å²) in [6, 6.07) is 5.13. The summed E-state index contributed by atoms with van der Waals surface area (Å²) in [7, 11) is -2.19. The summed E-state index contributed by atoms with van der Waals surface area (Å²) in [5, 5.41) is 9.61. The van der Waals surface area contributed by atoms with Crippen LogP contribution in [0, 0.1) is 0 Å². The van der Waals surface area contributed by atoms with Crippen LogP contribution < -0.4 is 5.46 Å². The number of hydrogen-bond donors (Lipinski definition) is 1. The molecule has 0 fully saturated rings. The number of esters is 1. The molecule has 4 nitrogen and oxygen atoms in total. The number of rotatable bonds is 4. The van der Waals surface area contributed by atoms with E-state index in [1.54, 1.807) is 18.2 Å². The first-order chi connectivity index (χ1) is 9.37. The maximum atomic E-state index is 11.9. The molecule has 0 spiro atoms. The van der Waals surface area contributed by atoms with Crippen molar-refractivity contribution in [2.24, 2.45) is 0 Å². The summed E-state index contributed by atoms with van der Waals surface area (Å²) >= 11 is 0. The molecule has 0 atom stereocenters. The second-order valence-electron chi connectivity index (χ2n) is 5.94. The number of fused-ring (bicyclic) bond motifs is 1. The van der Waals surface area contributed by atoms with Gasteiger partial charge in [-0.15, -0.1) is 0 Å². The topological polar surface area (TPSA) is 55.8 Å². The fourth-order valence-corrected chi connectivity index (χ4v) is 2.75. The van der Waals surface area contributed by atoms with Gasteiger partial charge in [0.2, 0.25) is 0 Å². The van der Waals surface area contributed by atoms with E-state index >= 15 is 0 Å². The van der Waals surface area contributed by atoms with Crippen LogP contribution in [0.25, 0.3) is 0 Å². The smallest absolute Gasteiger partial charge is 0.458 e. The van der Waals surface area contributed by atoms with Crippen LogP contribution in [0.2, 0.25) is 19.6 Å². The van der Waals surface area contributed by atoms with Gasteiger partial charge in [0.25, 0.3) is 0 Å². The predicted molar refractivity (Wildman–Crippen MR) is 81.6 cm³/mol. The molecule has 0 saturated heterocycles. The van der Waals surface area contributed by atoms with Gasteiger partial charge in [-0.1, -0.05) is 37.5 Å². The monoisotopic (exact) mass is 290 g/mol. The first-order valence-electron chi connectivity index (χ1n) is 6.64. The Morgan fingerprint density at radius 1 is 1.50 bits per heavy atom. The van der Waals surface area contributed by atoms with Crippen molar-refractivity contribution in [3.63, 3.8) is 0 Å². The maximum absolute atomic E-state index is 11.9. The molecular weight excluding hydrogens is 271 g/mol. The number of hydrogen-bond acceptors (Lipinski definition) is 4. The molecule has 106 valence electrons. The van der Waals surface area contributed by atoms with Crippen molar-refractivity contribution in [2.75, 3.05) is 6.61 Å². The van der Waals surface area contributed by atoms with Gasteiger partial charge in [0.1, 0.15) is 6.61 Å². The molecule has 1 aromatic carbocycles. The Morgan fingerprint density at radius 3 is 2.95 bits per heavy atom. The minimum atomic E-state index is -1.25. The van der Waals surface area contributed by atoms with E-state index in [-0.39, 0.29) is 12.6 Å². The van der Waals surface area contributed by atoms with Crippen molar-refractivity contribution in [3.05, 3.63) is 41.1 Å². The fraction of sp³-hybridized carbons (Fsp3) is 0.357. The molecule has 6 heteroatoms. The lowest BCUT2D eigenvalue weighted by Crippen LogP contribution is -2.28. The third-order valence-corrected chi connectivity index (χ3v) is 4.21. The molecule has 0 saturated carbocycles. The first kappa shape index (κ1) is 15.0. The quantitative estimate of drug-likeness (QED) is 0.674. The molecule has 1 N–H and O–H groups in total. The fourth-order valence-electron chi connectivity index (χ4n) is 1.95. The normalized spacial score (nSPS) is 14.7. The minimum absolute atomic E-state index is 0.277. The van der Waals surface area contributed by atoms with Crippen LogP contribution >= 0.6 is 0 Å². The van der Waals surface area contributed by atoms with Gasteiger partial charge in [0, 0.05) is 0 Å². The third-order valence-electron chi connectivity index (χ3n) is 2.97. The lowest BCUT2D eigenvalue weighted by Gasteiger charge is -2.08. The lowest BCUT2D eigenvalue weighted by atomic mass is 9.79. The highest BCUT2D eigenvalue weighted by molar-refractivity contribution is 6.80. The van der Waals surface area contributed by atoms with E-state index in [9.17, 15) is 9.82 Å². The molecule has 20 heavy (non-hydrogen) atoms. The first-order valence-corrected chi connectivity index (χ1v) is 10.2. The molecule has 2 rings (SSSR count). The molecule has 0 aromatic heterocycles. The molecule has 0 radical (unpaired) electrons. The zero-order valence-corrected chi connectivity index (χ0v) is 13.1. The van der Waals surface area contributed by atoms with Crippen molar-refractivity contribution in [1.29, 1.82) is 0 Å². The average Bonchev–Trinajstić information content (AvgIpc) is 2.75. The molecule has 0 bridgehead atoms. The largest absolute Gasteiger partial charge is 0.491 e. The number of carbonyl (C=O) groups is 1. The van der Waals surface area contributed by atoms with Crippen molar-refractivity contribution >= 4 is 26.6 Å². The highest BCUT2D eigenvalue weighted by Crippen LogP contribution is 2.12. The Bertz CT molecular complexity index is 536. The van der Waals surface area contributed by atoms with E-state index in [4.69, 9.17) is 9.39 Å². The Kier molecular flexibility index (Phi) is 4.47. The van der Waals surface area contributed by atoms with Crippen molar-refractivity contribution in [1.82, 2.24) is 0 Å².